The van der Waals surface area contributed by atoms with Crippen molar-refractivity contribution < 1.29 is 18.7 Å². The number of rotatable bonds is 5. The minimum Gasteiger partial charge on any atom is -0.465 e. The molecule has 7 heteroatoms. The number of carbonyl (C=O) groups is 2. The number of hydrogen-bond acceptors (Lipinski definition) is 6. The highest BCUT2D eigenvalue weighted by molar-refractivity contribution is 6.04. The van der Waals surface area contributed by atoms with Gasteiger partial charge in [0.1, 0.15) is 5.52 Å². The van der Waals surface area contributed by atoms with E-state index in [-0.39, 0.29) is 5.78 Å². The number of hydrogen-bond donors (Lipinski definition) is 2. The van der Waals surface area contributed by atoms with E-state index in [1.165, 1.54) is 7.11 Å². The zero-order chi connectivity index (χ0) is 19.0. The Morgan fingerprint density at radius 3 is 2.69 bits per heavy atom. The second-order valence-electron chi connectivity index (χ2n) is 6.26. The van der Waals surface area contributed by atoms with Crippen LogP contribution in [0.15, 0.2) is 22.6 Å². The first kappa shape index (κ1) is 17.7. The molecule has 0 amide bonds. The quantitative estimate of drug-likeness (QED) is 0.536. The van der Waals surface area contributed by atoms with Crippen LogP contribution in [0.25, 0.3) is 11.1 Å². The molecule has 0 saturated carbocycles. The number of esters is 1. The van der Waals surface area contributed by atoms with Crippen LogP contribution in [-0.4, -0.2) is 34.9 Å². The first-order valence-electron chi connectivity index (χ1n) is 8.27. The van der Waals surface area contributed by atoms with Crippen molar-refractivity contribution in [1.82, 2.24) is 9.97 Å². The van der Waals surface area contributed by atoms with Gasteiger partial charge in [0, 0.05) is 18.3 Å². The highest BCUT2D eigenvalue weighted by Crippen LogP contribution is 2.23. The summed E-state index contributed by atoms with van der Waals surface area (Å²) in [5.74, 6) is -0.00551. The number of aromatic nitrogens is 2. The summed E-state index contributed by atoms with van der Waals surface area (Å²) in [6.45, 7) is 7.04. The Hall–Kier alpha value is -3.09. The Bertz CT molecular complexity index is 1000. The van der Waals surface area contributed by atoms with Crippen molar-refractivity contribution in [2.24, 2.45) is 0 Å². The Labute approximate surface area is 150 Å². The van der Waals surface area contributed by atoms with E-state index in [1.807, 2.05) is 18.2 Å². The van der Waals surface area contributed by atoms with Gasteiger partial charge >= 0.3 is 5.97 Å². The van der Waals surface area contributed by atoms with Gasteiger partial charge in [0.25, 0.3) is 0 Å². The van der Waals surface area contributed by atoms with Crippen LogP contribution in [0.3, 0.4) is 0 Å². The molecule has 2 heterocycles. The number of nitrogens with zero attached hydrogens (tertiary/aromatic N) is 1. The molecular formula is C19H21N3O4. The second kappa shape index (κ2) is 6.67. The number of nitrogens with one attached hydrogen (secondary N) is 2. The van der Waals surface area contributed by atoms with Gasteiger partial charge in [-0.15, -0.1) is 0 Å². The minimum atomic E-state index is -0.498. The van der Waals surface area contributed by atoms with E-state index >= 15 is 0 Å². The minimum absolute atomic E-state index is 0.141. The second-order valence-corrected chi connectivity index (χ2v) is 6.26. The van der Waals surface area contributed by atoms with Crippen LogP contribution in [0, 0.1) is 20.8 Å². The molecule has 0 aliphatic carbocycles. The smallest absolute Gasteiger partial charge is 0.339 e. The number of Topliss-reactive ketones (excluding diaryl/α,β-unsaturated/α-hetero) is 1. The van der Waals surface area contributed by atoms with E-state index in [0.717, 1.165) is 11.2 Å². The molecule has 0 fully saturated rings. The molecule has 26 heavy (non-hydrogen) atoms. The molecule has 0 aliphatic heterocycles. The lowest BCUT2D eigenvalue weighted by molar-refractivity contribution is 0.0599. The summed E-state index contributed by atoms with van der Waals surface area (Å²) in [6.07, 6.45) is 0. The normalized spacial score (nSPS) is 12.2. The van der Waals surface area contributed by atoms with E-state index in [2.05, 4.69) is 15.3 Å². The van der Waals surface area contributed by atoms with Crippen molar-refractivity contribution in [2.45, 2.75) is 33.7 Å². The fourth-order valence-corrected chi connectivity index (χ4v) is 3.07. The molecule has 0 spiro atoms. The first-order valence-corrected chi connectivity index (χ1v) is 8.27. The average molecular weight is 355 g/mol. The van der Waals surface area contributed by atoms with Gasteiger partial charge in [-0.1, -0.05) is 0 Å². The summed E-state index contributed by atoms with van der Waals surface area (Å²) >= 11 is 0. The third-order valence-corrected chi connectivity index (χ3v) is 4.34. The monoisotopic (exact) mass is 355 g/mol. The van der Waals surface area contributed by atoms with E-state index in [4.69, 9.17) is 9.15 Å². The number of aromatic amines is 1. The zero-order valence-electron chi connectivity index (χ0n) is 15.4. The lowest BCUT2D eigenvalue weighted by Crippen LogP contribution is -2.27. The van der Waals surface area contributed by atoms with Gasteiger partial charge in [-0.2, -0.15) is 0 Å². The maximum Gasteiger partial charge on any atom is 0.339 e. The molecule has 0 unspecified atom stereocenters. The molecule has 2 N–H and O–H groups in total. The number of aryl methyl sites for hydroxylation is 2. The summed E-state index contributed by atoms with van der Waals surface area (Å²) in [7, 11) is 1.32. The molecule has 3 aromatic rings. The molecular weight excluding hydrogens is 334 g/mol. The summed E-state index contributed by atoms with van der Waals surface area (Å²) in [6, 6.07) is 4.99. The topological polar surface area (TPSA) is 97.2 Å². The summed E-state index contributed by atoms with van der Waals surface area (Å²) in [5.41, 5.74) is 4.21. The average Bonchev–Trinajstić information content (AvgIpc) is 3.11. The Morgan fingerprint density at radius 1 is 1.27 bits per heavy atom. The van der Waals surface area contributed by atoms with Crippen LogP contribution in [0.1, 0.15) is 44.9 Å². The number of H-pyrrole nitrogens is 1. The van der Waals surface area contributed by atoms with Crippen molar-refractivity contribution >= 4 is 28.5 Å². The van der Waals surface area contributed by atoms with E-state index in [9.17, 15) is 9.59 Å². The number of methoxy groups -OCH3 is 1. The first-order chi connectivity index (χ1) is 12.3. The molecule has 0 saturated heterocycles. The number of oxazole rings is 1. The number of fused-ring (bicyclic) bond motifs is 1. The summed E-state index contributed by atoms with van der Waals surface area (Å²) in [4.78, 5) is 32.0. The van der Waals surface area contributed by atoms with Crippen LogP contribution < -0.4 is 5.32 Å². The lowest BCUT2D eigenvalue weighted by Gasteiger charge is -2.14. The molecule has 2 aromatic heterocycles. The van der Waals surface area contributed by atoms with Crippen LogP contribution in [0.5, 0.6) is 0 Å². The lowest BCUT2D eigenvalue weighted by atomic mass is 10.0. The van der Waals surface area contributed by atoms with E-state index in [1.54, 1.807) is 27.7 Å². The molecule has 7 nitrogen and oxygen atoms in total. The predicted octanol–water partition coefficient (Wildman–Crippen LogP) is 3.55. The van der Waals surface area contributed by atoms with Crippen LogP contribution in [0.4, 0.5) is 5.69 Å². The third-order valence-electron chi connectivity index (χ3n) is 4.34. The molecule has 0 bridgehead atoms. The van der Waals surface area contributed by atoms with Crippen LogP contribution >= 0.6 is 0 Å². The van der Waals surface area contributed by atoms with Crippen molar-refractivity contribution in [3.8, 4) is 0 Å². The van der Waals surface area contributed by atoms with Crippen molar-refractivity contribution in [3.63, 3.8) is 0 Å². The Balaban J connectivity index is 1.84. The van der Waals surface area contributed by atoms with Crippen LogP contribution in [0.2, 0.25) is 0 Å². The summed E-state index contributed by atoms with van der Waals surface area (Å²) in [5, 5.41) is 3.17. The largest absolute Gasteiger partial charge is 0.465 e. The molecule has 1 aromatic carbocycles. The predicted molar refractivity (Wildman–Crippen MR) is 97.8 cm³/mol. The van der Waals surface area contributed by atoms with Gasteiger partial charge in [0.2, 0.25) is 5.78 Å². The molecule has 3 rings (SSSR count). The van der Waals surface area contributed by atoms with Gasteiger partial charge in [0.05, 0.1) is 24.4 Å². The maximum atomic E-state index is 12.8. The van der Waals surface area contributed by atoms with E-state index in [0.29, 0.717) is 34.0 Å². The highest BCUT2D eigenvalue weighted by atomic mass is 16.5. The molecule has 0 radical (unpaired) electrons. The number of anilines is 1. The van der Waals surface area contributed by atoms with Gasteiger partial charge in [-0.3, -0.25) is 4.79 Å². The molecule has 1 atom stereocenters. The van der Waals surface area contributed by atoms with Crippen molar-refractivity contribution in [3.05, 3.63) is 46.6 Å². The standard InChI is InChI=1S/C19H21N3O4/c1-9-16(19(24)25-5)10(2)21-17(9)18(23)11(3)20-13-6-7-15-14(8-13)22-12(4)26-15/h6-8,11,20-21H,1-5H3/t11-/m1/s1. The van der Waals surface area contributed by atoms with Gasteiger partial charge in [-0.05, 0) is 44.5 Å². The van der Waals surface area contributed by atoms with E-state index < -0.39 is 12.0 Å². The number of ketones is 1. The SMILES string of the molecule is COC(=O)c1c(C)[nH]c(C(=O)[C@@H](C)Nc2ccc3oc(C)nc3c2)c1C. The zero-order valence-corrected chi connectivity index (χ0v) is 15.4. The molecule has 0 aliphatic rings. The van der Waals surface area contributed by atoms with Gasteiger partial charge in [0.15, 0.2) is 11.5 Å². The highest BCUT2D eigenvalue weighted by Gasteiger charge is 2.25. The van der Waals surface area contributed by atoms with Crippen molar-refractivity contribution in [2.75, 3.05) is 12.4 Å². The fourth-order valence-electron chi connectivity index (χ4n) is 3.07. The Kier molecular flexibility index (Phi) is 4.54. The van der Waals surface area contributed by atoms with Crippen LogP contribution in [-0.2, 0) is 4.74 Å². The Morgan fingerprint density at radius 2 is 2.00 bits per heavy atom. The van der Waals surface area contributed by atoms with Crippen molar-refractivity contribution in [1.29, 1.82) is 0 Å². The van der Waals surface area contributed by atoms with Gasteiger partial charge < -0.3 is 19.5 Å². The number of carbonyl (C=O) groups excluding carboxylic acids is 2. The number of benzene rings is 1. The molecule has 136 valence electrons. The number of ether oxygens (including phenoxy) is 1. The maximum absolute atomic E-state index is 12.8. The summed E-state index contributed by atoms with van der Waals surface area (Å²) < 4.78 is 10.2. The third kappa shape index (κ3) is 3.08. The van der Waals surface area contributed by atoms with Gasteiger partial charge in [-0.25, -0.2) is 9.78 Å². The fraction of sp³-hybridized carbons (Fsp3) is 0.316.